The maximum absolute atomic E-state index is 13.4. The number of benzene rings is 2. The molecule has 44 heavy (non-hydrogen) atoms. The number of aromatic amines is 1. The van der Waals surface area contributed by atoms with E-state index in [0.717, 1.165) is 48.2 Å². The number of piperidine rings is 1. The van der Waals surface area contributed by atoms with Crippen molar-refractivity contribution < 1.29 is 18.6 Å². The Kier molecular flexibility index (Phi) is 8.72. The predicted molar refractivity (Wildman–Crippen MR) is 174 cm³/mol. The molecule has 1 aliphatic carbocycles. The van der Waals surface area contributed by atoms with Crippen molar-refractivity contribution in [2.45, 2.75) is 62.6 Å². The Morgan fingerprint density at radius 2 is 1.84 bits per heavy atom. The molecule has 2 aliphatic heterocycles. The molecular formula is C33H34Cl2N4O4S. The summed E-state index contributed by atoms with van der Waals surface area (Å²) in [7, 11) is -1.45. The Balaban J connectivity index is 1.20. The number of anilines is 1. The first-order valence-electron chi connectivity index (χ1n) is 14.8. The Morgan fingerprint density at radius 1 is 1.09 bits per heavy atom. The summed E-state index contributed by atoms with van der Waals surface area (Å²) < 4.78 is 13.3. The number of fused-ring (bicyclic) bond motifs is 1. The smallest absolute Gasteiger partial charge is 0.256 e. The van der Waals surface area contributed by atoms with Crippen LogP contribution in [0.5, 0.6) is 0 Å². The summed E-state index contributed by atoms with van der Waals surface area (Å²) in [6.07, 6.45) is 5.69. The highest BCUT2D eigenvalue weighted by atomic mass is 35.5. The number of nitrogens with zero attached hydrogens (tertiary/aromatic N) is 1. The monoisotopic (exact) mass is 652 g/mol. The van der Waals surface area contributed by atoms with Gasteiger partial charge in [-0.05, 0) is 87.1 Å². The molecule has 11 heteroatoms. The van der Waals surface area contributed by atoms with E-state index in [1.54, 1.807) is 42.5 Å². The fourth-order valence-electron chi connectivity index (χ4n) is 5.93. The molecule has 2 fully saturated rings. The molecule has 8 nitrogen and oxygen atoms in total. The van der Waals surface area contributed by atoms with Gasteiger partial charge in [-0.3, -0.25) is 18.6 Å². The predicted octanol–water partition coefficient (Wildman–Crippen LogP) is 5.80. The van der Waals surface area contributed by atoms with Gasteiger partial charge < -0.3 is 20.5 Å². The molecule has 1 unspecified atom stereocenters. The molecule has 2 atom stereocenters. The summed E-state index contributed by atoms with van der Waals surface area (Å²) in [4.78, 5) is 44.7. The molecule has 3 aromatic rings. The number of aryl methyl sites for hydroxylation is 1. The Morgan fingerprint density at radius 3 is 2.57 bits per heavy atom. The number of rotatable bonds is 8. The highest BCUT2D eigenvalue weighted by molar-refractivity contribution is 7.84. The first kappa shape index (κ1) is 30.6. The van der Waals surface area contributed by atoms with Crippen molar-refractivity contribution in [1.82, 2.24) is 15.2 Å². The van der Waals surface area contributed by atoms with Gasteiger partial charge in [0.05, 0.1) is 34.5 Å². The molecule has 0 spiro atoms. The first-order valence-corrected chi connectivity index (χ1v) is 16.9. The van der Waals surface area contributed by atoms with Crippen molar-refractivity contribution in [1.29, 1.82) is 0 Å². The maximum Gasteiger partial charge on any atom is 0.256 e. The van der Waals surface area contributed by atoms with Gasteiger partial charge in [-0.1, -0.05) is 29.3 Å². The standard InChI is InChI=1S/C33H34Cl2N4O4S/c1-18-23(15-31(40)39-12-4-5-20(16-39)32(41)37-21-8-9-21)19(2)36-30(18)14-25-24-13-22(10-11-29(24)38-33(25)42)44(43)17-26-27(34)6-3-7-28(26)35/h3,6-7,10-11,13-14,20-21,36H,4-5,8-9,12,15-17H2,1-2H3,(H,37,41)(H,38,42)/b25-14-/t20-,44?/m1/s1. The van der Waals surface area contributed by atoms with E-state index in [0.29, 0.717) is 56.5 Å². The quantitative estimate of drug-likeness (QED) is 0.267. The normalized spacial score (nSPS) is 19.5. The number of likely N-dealkylation sites (tertiary alicyclic amines) is 1. The maximum atomic E-state index is 13.4. The van der Waals surface area contributed by atoms with E-state index in [1.807, 2.05) is 18.7 Å². The fraction of sp³-hybridized carbons (Fsp3) is 0.364. The number of halogens is 2. The molecule has 3 amide bonds. The lowest BCUT2D eigenvalue weighted by atomic mass is 9.96. The van der Waals surface area contributed by atoms with Crippen molar-refractivity contribution in [3.05, 3.63) is 80.1 Å². The molecule has 1 saturated heterocycles. The van der Waals surface area contributed by atoms with Crippen molar-refractivity contribution in [2.24, 2.45) is 5.92 Å². The summed E-state index contributed by atoms with van der Waals surface area (Å²) in [6, 6.07) is 10.7. The van der Waals surface area contributed by atoms with Crippen LogP contribution in [-0.2, 0) is 37.4 Å². The molecule has 1 saturated carbocycles. The minimum atomic E-state index is -1.45. The van der Waals surface area contributed by atoms with Crippen LogP contribution in [0.15, 0.2) is 41.3 Å². The van der Waals surface area contributed by atoms with E-state index < -0.39 is 10.8 Å². The van der Waals surface area contributed by atoms with Crippen molar-refractivity contribution in [2.75, 3.05) is 18.4 Å². The summed E-state index contributed by atoms with van der Waals surface area (Å²) in [5.41, 5.74) is 5.71. The van der Waals surface area contributed by atoms with E-state index in [2.05, 4.69) is 15.6 Å². The van der Waals surface area contributed by atoms with Crippen LogP contribution < -0.4 is 10.6 Å². The van der Waals surface area contributed by atoms with E-state index in [1.165, 1.54) is 0 Å². The van der Waals surface area contributed by atoms with Crippen molar-refractivity contribution in [3.63, 3.8) is 0 Å². The van der Waals surface area contributed by atoms with Gasteiger partial charge in [-0.15, -0.1) is 0 Å². The fourth-order valence-corrected chi connectivity index (χ4v) is 7.83. The highest BCUT2D eigenvalue weighted by Gasteiger charge is 2.32. The van der Waals surface area contributed by atoms with E-state index >= 15 is 0 Å². The van der Waals surface area contributed by atoms with Gasteiger partial charge in [0.1, 0.15) is 0 Å². The second-order valence-electron chi connectivity index (χ2n) is 11.8. The molecule has 230 valence electrons. The van der Waals surface area contributed by atoms with Gasteiger partial charge >= 0.3 is 0 Å². The minimum Gasteiger partial charge on any atom is -0.359 e. The third kappa shape index (κ3) is 6.36. The molecule has 6 rings (SSSR count). The topological polar surface area (TPSA) is 111 Å². The summed E-state index contributed by atoms with van der Waals surface area (Å²) in [6.45, 7) is 4.95. The van der Waals surface area contributed by atoms with Crippen LogP contribution in [0.1, 0.15) is 59.3 Å². The third-order valence-corrected chi connectivity index (χ3v) is 10.7. The van der Waals surface area contributed by atoms with E-state index in [4.69, 9.17) is 23.2 Å². The van der Waals surface area contributed by atoms with Gasteiger partial charge in [-0.25, -0.2) is 0 Å². The SMILES string of the molecule is Cc1[nH]c(/C=C2\C(=O)Nc3ccc(S(=O)Cc4c(Cl)cccc4Cl)cc32)c(C)c1CC(=O)N1CCC[C@@H](C(=O)NC2CC2)C1. The van der Waals surface area contributed by atoms with Crippen LogP contribution in [0.3, 0.4) is 0 Å². The van der Waals surface area contributed by atoms with Crippen LogP contribution in [-0.4, -0.2) is 50.9 Å². The molecule has 3 aliphatic rings. The molecular weight excluding hydrogens is 619 g/mol. The first-order chi connectivity index (χ1) is 21.1. The highest BCUT2D eigenvalue weighted by Crippen LogP contribution is 2.36. The number of carbonyl (C=O) groups is 3. The number of H-pyrrole nitrogens is 1. The molecule has 0 radical (unpaired) electrons. The van der Waals surface area contributed by atoms with E-state index in [-0.39, 0.29) is 35.8 Å². The van der Waals surface area contributed by atoms with Crippen LogP contribution >= 0.6 is 23.2 Å². The zero-order valence-corrected chi connectivity index (χ0v) is 26.9. The number of nitrogens with one attached hydrogen (secondary N) is 3. The summed E-state index contributed by atoms with van der Waals surface area (Å²) in [5.74, 6) is -0.225. The average molecular weight is 654 g/mol. The van der Waals surface area contributed by atoms with Gasteiger partial charge in [0.2, 0.25) is 11.8 Å². The van der Waals surface area contributed by atoms with Crippen LogP contribution in [0.25, 0.3) is 11.6 Å². The lowest BCUT2D eigenvalue weighted by Crippen LogP contribution is -2.46. The second kappa shape index (κ2) is 12.5. The van der Waals surface area contributed by atoms with Crippen molar-refractivity contribution in [3.8, 4) is 0 Å². The van der Waals surface area contributed by atoms with Gasteiger partial charge in [0.15, 0.2) is 0 Å². The largest absolute Gasteiger partial charge is 0.359 e. The molecule has 3 N–H and O–H groups in total. The van der Waals surface area contributed by atoms with Crippen LogP contribution in [0, 0.1) is 19.8 Å². The Bertz CT molecular complexity index is 1710. The zero-order valence-electron chi connectivity index (χ0n) is 24.6. The molecule has 1 aromatic heterocycles. The third-order valence-electron chi connectivity index (χ3n) is 8.69. The lowest BCUT2D eigenvalue weighted by molar-refractivity contribution is -0.135. The second-order valence-corrected chi connectivity index (χ2v) is 14.1. The molecule has 3 heterocycles. The number of carbonyl (C=O) groups excluding carboxylic acids is 3. The van der Waals surface area contributed by atoms with Crippen LogP contribution in [0.2, 0.25) is 10.0 Å². The van der Waals surface area contributed by atoms with Gasteiger partial charge in [0.25, 0.3) is 5.91 Å². The number of hydrogen-bond acceptors (Lipinski definition) is 4. The number of amides is 3. The van der Waals surface area contributed by atoms with E-state index in [9.17, 15) is 18.6 Å². The van der Waals surface area contributed by atoms with Gasteiger partial charge in [0, 0.05) is 62.3 Å². The molecule has 2 aromatic carbocycles. The Hall–Kier alpha value is -3.40. The van der Waals surface area contributed by atoms with Crippen LogP contribution in [0.4, 0.5) is 5.69 Å². The Labute approximate surface area is 269 Å². The van der Waals surface area contributed by atoms with Gasteiger partial charge in [-0.2, -0.15) is 0 Å². The van der Waals surface area contributed by atoms with Crippen molar-refractivity contribution >= 4 is 69.1 Å². The molecule has 0 bridgehead atoms. The lowest BCUT2D eigenvalue weighted by Gasteiger charge is -2.32. The number of hydrogen-bond donors (Lipinski definition) is 3. The number of aromatic nitrogens is 1. The average Bonchev–Trinajstić information content (AvgIpc) is 3.72. The minimum absolute atomic E-state index is 0.00646. The summed E-state index contributed by atoms with van der Waals surface area (Å²) >= 11 is 12.6. The zero-order chi connectivity index (χ0) is 31.1. The summed E-state index contributed by atoms with van der Waals surface area (Å²) in [5, 5.41) is 6.87.